The number of ketones is 1. The van der Waals surface area contributed by atoms with E-state index in [2.05, 4.69) is 43.6 Å². The summed E-state index contributed by atoms with van der Waals surface area (Å²) >= 11 is 0. The Balaban J connectivity index is 0.000000201. The van der Waals surface area contributed by atoms with Crippen molar-refractivity contribution in [3.63, 3.8) is 0 Å². The molecular formula is C32H52N2O2. The van der Waals surface area contributed by atoms with Crippen LogP contribution in [-0.2, 0) is 17.6 Å². The quantitative estimate of drug-likeness (QED) is 0.376. The molecule has 4 heteroatoms. The predicted octanol–water partition coefficient (Wildman–Crippen LogP) is 7.08. The van der Waals surface area contributed by atoms with E-state index in [1.165, 1.54) is 99.8 Å². The summed E-state index contributed by atoms with van der Waals surface area (Å²) < 4.78 is 0. The highest BCUT2D eigenvalue weighted by Crippen LogP contribution is 2.35. The Morgan fingerprint density at radius 3 is 1.97 bits per heavy atom. The second-order valence-corrected chi connectivity index (χ2v) is 11.1. The van der Waals surface area contributed by atoms with E-state index < -0.39 is 0 Å². The van der Waals surface area contributed by atoms with E-state index in [1.54, 1.807) is 0 Å². The van der Waals surface area contributed by atoms with Crippen LogP contribution in [0.2, 0.25) is 0 Å². The van der Waals surface area contributed by atoms with Gasteiger partial charge in [0.2, 0.25) is 0 Å². The van der Waals surface area contributed by atoms with Crippen molar-refractivity contribution in [3.8, 4) is 5.75 Å². The fourth-order valence-corrected chi connectivity index (χ4v) is 6.69. The molecule has 0 heterocycles. The zero-order chi connectivity index (χ0) is 25.9. The first-order valence-electron chi connectivity index (χ1n) is 15.0. The van der Waals surface area contributed by atoms with Crippen molar-refractivity contribution in [1.29, 1.82) is 0 Å². The molecule has 3 aliphatic rings. The molecule has 0 aliphatic heterocycles. The molecular weight excluding hydrogens is 444 g/mol. The summed E-state index contributed by atoms with van der Waals surface area (Å²) in [5.41, 5.74) is 5.25. The van der Waals surface area contributed by atoms with E-state index in [0.717, 1.165) is 32.1 Å². The minimum absolute atomic E-state index is 0.451. The van der Waals surface area contributed by atoms with Crippen LogP contribution in [0.5, 0.6) is 5.75 Å². The van der Waals surface area contributed by atoms with Crippen LogP contribution >= 0.6 is 0 Å². The van der Waals surface area contributed by atoms with Gasteiger partial charge in [-0.3, -0.25) is 4.79 Å². The highest BCUT2D eigenvalue weighted by Gasteiger charge is 2.29. The van der Waals surface area contributed by atoms with Gasteiger partial charge in [-0.15, -0.1) is 0 Å². The van der Waals surface area contributed by atoms with Gasteiger partial charge in [0.05, 0.1) is 0 Å². The second-order valence-electron chi connectivity index (χ2n) is 11.1. The molecule has 0 saturated carbocycles. The molecule has 0 radical (unpaired) electrons. The maximum absolute atomic E-state index is 11.9. The van der Waals surface area contributed by atoms with Gasteiger partial charge in [0.15, 0.2) is 5.78 Å². The lowest BCUT2D eigenvalue weighted by Gasteiger charge is -2.37. The van der Waals surface area contributed by atoms with Crippen LogP contribution in [0.3, 0.4) is 0 Å². The molecule has 0 aromatic heterocycles. The summed E-state index contributed by atoms with van der Waals surface area (Å²) in [6.07, 6.45) is 14.7. The van der Waals surface area contributed by atoms with Gasteiger partial charge in [-0.25, -0.2) is 0 Å². The predicted molar refractivity (Wildman–Crippen MR) is 152 cm³/mol. The molecule has 1 aromatic carbocycles. The van der Waals surface area contributed by atoms with E-state index in [-0.39, 0.29) is 0 Å². The van der Waals surface area contributed by atoms with E-state index in [9.17, 15) is 9.90 Å². The first-order chi connectivity index (χ1) is 17.5. The van der Waals surface area contributed by atoms with Gasteiger partial charge in [0.1, 0.15) is 5.75 Å². The Morgan fingerprint density at radius 1 is 0.778 bits per heavy atom. The maximum atomic E-state index is 11.9. The van der Waals surface area contributed by atoms with Gasteiger partial charge < -0.3 is 14.9 Å². The Morgan fingerprint density at radius 2 is 1.36 bits per heavy atom. The molecule has 202 valence electrons. The number of hydrogen-bond donors (Lipinski definition) is 1. The molecule has 2 unspecified atom stereocenters. The summed E-state index contributed by atoms with van der Waals surface area (Å²) in [5, 5.41) is 9.87. The summed E-state index contributed by atoms with van der Waals surface area (Å²) in [6.45, 7) is 13.9. The Labute approximate surface area is 221 Å². The molecule has 4 rings (SSSR count). The summed E-state index contributed by atoms with van der Waals surface area (Å²) in [4.78, 5) is 17.2. The Bertz CT molecular complexity index is 850. The zero-order valence-electron chi connectivity index (χ0n) is 23.7. The van der Waals surface area contributed by atoms with Crippen molar-refractivity contribution in [3.05, 3.63) is 40.5 Å². The number of carbonyl (C=O) groups excluding carboxylic acids is 1. The molecule has 36 heavy (non-hydrogen) atoms. The second kappa shape index (κ2) is 14.9. The van der Waals surface area contributed by atoms with Crippen LogP contribution < -0.4 is 0 Å². The lowest BCUT2D eigenvalue weighted by Crippen LogP contribution is -2.40. The highest BCUT2D eigenvalue weighted by molar-refractivity contribution is 5.97. The first-order valence-corrected chi connectivity index (χ1v) is 15.0. The largest absolute Gasteiger partial charge is 0.508 e. The van der Waals surface area contributed by atoms with E-state index >= 15 is 0 Å². The van der Waals surface area contributed by atoms with Crippen molar-refractivity contribution in [1.82, 2.24) is 9.80 Å². The third kappa shape index (κ3) is 7.68. The maximum Gasteiger partial charge on any atom is 0.158 e. The smallest absolute Gasteiger partial charge is 0.158 e. The van der Waals surface area contributed by atoms with Crippen molar-refractivity contribution >= 4 is 5.78 Å². The molecule has 0 bridgehead atoms. The van der Waals surface area contributed by atoms with E-state index in [4.69, 9.17) is 0 Å². The molecule has 1 N–H and O–H groups in total. The fourth-order valence-electron chi connectivity index (χ4n) is 6.69. The Hall–Kier alpha value is -1.65. The number of carbonyl (C=O) groups is 1. The van der Waals surface area contributed by atoms with Gasteiger partial charge in [-0.1, -0.05) is 45.4 Å². The van der Waals surface area contributed by atoms with Crippen molar-refractivity contribution in [2.45, 2.75) is 123 Å². The third-order valence-corrected chi connectivity index (χ3v) is 8.36. The lowest BCUT2D eigenvalue weighted by molar-refractivity contribution is -0.116. The zero-order valence-corrected chi connectivity index (χ0v) is 23.7. The topological polar surface area (TPSA) is 43.8 Å². The van der Waals surface area contributed by atoms with Crippen molar-refractivity contribution in [2.75, 3.05) is 26.2 Å². The number of benzene rings is 1. The van der Waals surface area contributed by atoms with Crippen LogP contribution in [0.15, 0.2) is 29.3 Å². The number of nitrogens with zero attached hydrogens (tertiary/aromatic N) is 2. The van der Waals surface area contributed by atoms with Gasteiger partial charge in [0.25, 0.3) is 0 Å². The molecule has 1 aromatic rings. The molecule has 4 nitrogen and oxygen atoms in total. The first kappa shape index (κ1) is 28.9. The number of phenols is 1. The molecule has 0 spiro atoms. The van der Waals surface area contributed by atoms with Crippen LogP contribution in [-0.4, -0.2) is 59.0 Å². The number of hydrogen-bond acceptors (Lipinski definition) is 4. The van der Waals surface area contributed by atoms with Crippen LogP contribution in [0, 0.1) is 0 Å². The summed E-state index contributed by atoms with van der Waals surface area (Å²) in [5.74, 6) is 0.940. The highest BCUT2D eigenvalue weighted by atomic mass is 16.3. The standard InChI is InChI=1S/C16H27NO.C16H25NO/c2*1-3-10-17(11-4-2)14-8-9-15-13(12-14)6-5-7-16(15)18/h14H,3-12H2,1-2H3;5-7,14,18H,3-4,8-12H2,1-2H3. The minimum atomic E-state index is 0.451. The number of aromatic hydroxyl groups is 1. The molecule has 0 saturated heterocycles. The average Bonchev–Trinajstić information content (AvgIpc) is 2.89. The van der Waals surface area contributed by atoms with Gasteiger partial charge in [0, 0.05) is 18.5 Å². The minimum Gasteiger partial charge on any atom is -0.508 e. The number of allylic oxidation sites excluding steroid dienone is 1. The van der Waals surface area contributed by atoms with E-state index in [1.807, 2.05) is 12.1 Å². The number of phenolic OH excluding ortho intramolecular Hbond substituents is 1. The SMILES string of the molecule is CCCN(CCC)C1CCC2=C(CCCC2=O)C1.CCCN(CCC)C1CCc2c(O)cccc2C1. The van der Waals surface area contributed by atoms with Crippen LogP contribution in [0.4, 0.5) is 0 Å². The van der Waals surface area contributed by atoms with Crippen LogP contribution in [0.1, 0.15) is 109 Å². The monoisotopic (exact) mass is 496 g/mol. The third-order valence-electron chi connectivity index (χ3n) is 8.36. The van der Waals surface area contributed by atoms with Crippen molar-refractivity contribution < 1.29 is 9.90 Å². The van der Waals surface area contributed by atoms with Gasteiger partial charge in [-0.05, 0) is 126 Å². The summed E-state index contributed by atoms with van der Waals surface area (Å²) in [6, 6.07) is 7.33. The lowest BCUT2D eigenvalue weighted by atomic mass is 9.79. The van der Waals surface area contributed by atoms with Gasteiger partial charge >= 0.3 is 0 Å². The number of fused-ring (bicyclic) bond motifs is 1. The molecule has 2 atom stereocenters. The average molecular weight is 497 g/mol. The Kier molecular flexibility index (Phi) is 12.0. The summed E-state index contributed by atoms with van der Waals surface area (Å²) in [7, 11) is 0. The van der Waals surface area contributed by atoms with E-state index in [0.29, 0.717) is 23.6 Å². The molecule has 0 fully saturated rings. The van der Waals surface area contributed by atoms with Crippen LogP contribution in [0.25, 0.3) is 0 Å². The number of Topliss-reactive ketones (excluding diaryl/α,β-unsaturated/α-hetero) is 1. The van der Waals surface area contributed by atoms with Gasteiger partial charge in [-0.2, -0.15) is 0 Å². The number of rotatable bonds is 10. The van der Waals surface area contributed by atoms with Crippen molar-refractivity contribution in [2.24, 2.45) is 0 Å². The fraction of sp³-hybridized carbons (Fsp3) is 0.719. The normalized spacial score (nSPS) is 21.8. The molecule has 0 amide bonds. The molecule has 3 aliphatic carbocycles.